The molecule has 7 nitrogen and oxygen atoms in total. The van der Waals surface area contributed by atoms with Crippen LogP contribution in [0.5, 0.6) is 0 Å². The van der Waals surface area contributed by atoms with Crippen LogP contribution in [0.3, 0.4) is 0 Å². The van der Waals surface area contributed by atoms with Gasteiger partial charge in [-0.05, 0) is 55.0 Å². The van der Waals surface area contributed by atoms with Crippen molar-refractivity contribution in [3.8, 4) is 0 Å². The molecule has 0 aliphatic carbocycles. The van der Waals surface area contributed by atoms with Gasteiger partial charge in [-0.3, -0.25) is 14.4 Å². The van der Waals surface area contributed by atoms with Crippen LogP contribution in [0.25, 0.3) is 6.08 Å². The van der Waals surface area contributed by atoms with Gasteiger partial charge in [0, 0.05) is 27.7 Å². The number of rotatable bonds is 9. The smallest absolute Gasteiger partial charge is 0.272 e. The molecule has 0 fully saturated rings. The molecule has 0 aliphatic rings. The first-order chi connectivity index (χ1) is 18.0. The average molecular weight is 529 g/mol. The lowest BCUT2D eigenvalue weighted by molar-refractivity contribution is -0.114. The standard InChI is InChI=1S/C28H24N4O3S2/c1-19-7-9-20(10-8-19)17-24(31-26(34)21-5-3-2-4-6-21)27(35)30-22-11-13-23(14-12-22)37-18-25(33)32-28-29-15-16-36-28/h2-17H,18H2,1H3,(H,30,35)(H,31,34)(H,29,32,33)/b24-17-. The summed E-state index contributed by atoms with van der Waals surface area (Å²) in [4.78, 5) is 42.9. The Bertz CT molecular complexity index is 1390. The minimum absolute atomic E-state index is 0.120. The zero-order valence-corrected chi connectivity index (χ0v) is 21.6. The van der Waals surface area contributed by atoms with Crippen LogP contribution < -0.4 is 16.0 Å². The molecule has 0 radical (unpaired) electrons. The summed E-state index contributed by atoms with van der Waals surface area (Å²) in [6.07, 6.45) is 3.27. The Labute approximate surface area is 223 Å². The molecule has 4 rings (SSSR count). The van der Waals surface area contributed by atoms with E-state index in [9.17, 15) is 14.4 Å². The quantitative estimate of drug-likeness (QED) is 0.194. The van der Waals surface area contributed by atoms with Crippen LogP contribution >= 0.6 is 23.1 Å². The second kappa shape index (κ2) is 12.7. The molecule has 0 unspecified atom stereocenters. The molecular weight excluding hydrogens is 504 g/mol. The molecule has 0 bridgehead atoms. The maximum atomic E-state index is 13.1. The Kier molecular flexibility index (Phi) is 8.85. The van der Waals surface area contributed by atoms with Crippen molar-refractivity contribution in [3.63, 3.8) is 0 Å². The number of carbonyl (C=O) groups excluding carboxylic acids is 3. The third-order valence-corrected chi connectivity index (χ3v) is 6.78. The van der Waals surface area contributed by atoms with Crippen LogP contribution in [0.15, 0.2) is 101 Å². The van der Waals surface area contributed by atoms with E-state index in [1.807, 2.05) is 49.4 Å². The SMILES string of the molecule is Cc1ccc(/C=C(\NC(=O)c2ccccc2)C(=O)Nc2ccc(SCC(=O)Nc3nccs3)cc2)cc1. The first kappa shape index (κ1) is 25.9. The number of hydrogen-bond acceptors (Lipinski definition) is 6. The fraction of sp³-hybridized carbons (Fsp3) is 0.0714. The van der Waals surface area contributed by atoms with Crippen molar-refractivity contribution in [1.82, 2.24) is 10.3 Å². The zero-order chi connectivity index (χ0) is 26.0. The molecular formula is C28H24N4O3S2. The minimum Gasteiger partial charge on any atom is -0.321 e. The van der Waals surface area contributed by atoms with Gasteiger partial charge >= 0.3 is 0 Å². The summed E-state index contributed by atoms with van der Waals surface area (Å²) in [7, 11) is 0. The van der Waals surface area contributed by atoms with Crippen molar-refractivity contribution >= 4 is 57.7 Å². The van der Waals surface area contributed by atoms with E-state index < -0.39 is 5.91 Å². The van der Waals surface area contributed by atoms with Crippen molar-refractivity contribution in [2.24, 2.45) is 0 Å². The van der Waals surface area contributed by atoms with E-state index in [4.69, 9.17) is 0 Å². The Morgan fingerprint density at radius 2 is 1.65 bits per heavy atom. The summed E-state index contributed by atoms with van der Waals surface area (Å²) in [5, 5.41) is 10.7. The summed E-state index contributed by atoms with van der Waals surface area (Å²) in [6, 6.07) is 23.5. The fourth-order valence-corrected chi connectivity index (χ4v) is 4.44. The molecule has 9 heteroatoms. The second-order valence-electron chi connectivity index (χ2n) is 7.94. The molecule has 1 heterocycles. The maximum absolute atomic E-state index is 13.1. The molecule has 3 aromatic carbocycles. The number of carbonyl (C=O) groups is 3. The number of benzene rings is 3. The normalized spacial score (nSPS) is 11.0. The Morgan fingerprint density at radius 3 is 2.32 bits per heavy atom. The predicted molar refractivity (Wildman–Crippen MR) is 150 cm³/mol. The van der Waals surface area contributed by atoms with E-state index in [1.165, 1.54) is 23.1 Å². The van der Waals surface area contributed by atoms with Gasteiger partial charge in [0.25, 0.3) is 11.8 Å². The highest BCUT2D eigenvalue weighted by Gasteiger charge is 2.15. The summed E-state index contributed by atoms with van der Waals surface area (Å²) in [5.74, 6) is -0.734. The molecule has 0 saturated carbocycles. The van der Waals surface area contributed by atoms with Crippen molar-refractivity contribution < 1.29 is 14.4 Å². The lowest BCUT2D eigenvalue weighted by atomic mass is 10.1. The van der Waals surface area contributed by atoms with Gasteiger partial charge in [0.15, 0.2) is 5.13 Å². The highest BCUT2D eigenvalue weighted by molar-refractivity contribution is 8.00. The number of nitrogens with zero attached hydrogens (tertiary/aromatic N) is 1. The molecule has 0 atom stereocenters. The lowest BCUT2D eigenvalue weighted by Crippen LogP contribution is -2.30. The van der Waals surface area contributed by atoms with Crippen LogP contribution in [0, 0.1) is 6.92 Å². The van der Waals surface area contributed by atoms with Gasteiger partial charge in [0.2, 0.25) is 5.91 Å². The molecule has 3 amide bonds. The van der Waals surface area contributed by atoms with Gasteiger partial charge in [-0.25, -0.2) is 4.98 Å². The topological polar surface area (TPSA) is 100 Å². The number of aryl methyl sites for hydroxylation is 1. The number of hydrogen-bond donors (Lipinski definition) is 3. The molecule has 0 saturated heterocycles. The maximum Gasteiger partial charge on any atom is 0.272 e. The zero-order valence-electron chi connectivity index (χ0n) is 19.9. The number of anilines is 2. The average Bonchev–Trinajstić information content (AvgIpc) is 3.42. The van der Waals surface area contributed by atoms with Crippen molar-refractivity contribution in [1.29, 1.82) is 0 Å². The number of nitrogens with one attached hydrogen (secondary N) is 3. The predicted octanol–water partition coefficient (Wildman–Crippen LogP) is 5.59. The van der Waals surface area contributed by atoms with E-state index in [0.29, 0.717) is 16.4 Å². The number of aromatic nitrogens is 1. The summed E-state index contributed by atoms with van der Waals surface area (Å²) < 4.78 is 0. The molecule has 3 N–H and O–H groups in total. The van der Waals surface area contributed by atoms with Gasteiger partial charge in [-0.1, -0.05) is 48.0 Å². The minimum atomic E-state index is -0.451. The second-order valence-corrected chi connectivity index (χ2v) is 9.88. The van der Waals surface area contributed by atoms with Gasteiger partial charge in [-0.2, -0.15) is 0 Å². The van der Waals surface area contributed by atoms with Crippen LogP contribution in [0.1, 0.15) is 21.5 Å². The van der Waals surface area contributed by atoms with Crippen LogP contribution in [-0.4, -0.2) is 28.5 Å². The highest BCUT2D eigenvalue weighted by atomic mass is 32.2. The van der Waals surface area contributed by atoms with Gasteiger partial charge < -0.3 is 16.0 Å². The van der Waals surface area contributed by atoms with E-state index in [1.54, 1.807) is 54.1 Å². The van der Waals surface area contributed by atoms with E-state index >= 15 is 0 Å². The number of amides is 3. The number of thiazole rings is 1. The third kappa shape index (κ3) is 7.89. The van der Waals surface area contributed by atoms with Gasteiger partial charge in [0.1, 0.15) is 5.70 Å². The Balaban J connectivity index is 1.41. The first-order valence-corrected chi connectivity index (χ1v) is 13.2. The van der Waals surface area contributed by atoms with Crippen LogP contribution in [0.2, 0.25) is 0 Å². The lowest BCUT2D eigenvalue weighted by Gasteiger charge is -2.12. The van der Waals surface area contributed by atoms with E-state index in [0.717, 1.165) is 16.0 Å². The van der Waals surface area contributed by atoms with Crippen molar-refractivity contribution in [2.75, 3.05) is 16.4 Å². The highest BCUT2D eigenvalue weighted by Crippen LogP contribution is 2.21. The largest absolute Gasteiger partial charge is 0.321 e. The van der Waals surface area contributed by atoms with Crippen LogP contribution in [0.4, 0.5) is 10.8 Å². The number of thioether (sulfide) groups is 1. The Hall–Kier alpha value is -4.21. The van der Waals surface area contributed by atoms with Crippen molar-refractivity contribution in [3.05, 3.63) is 113 Å². The van der Waals surface area contributed by atoms with E-state index in [2.05, 4.69) is 20.9 Å². The molecule has 37 heavy (non-hydrogen) atoms. The summed E-state index contributed by atoms with van der Waals surface area (Å²) >= 11 is 2.74. The first-order valence-electron chi connectivity index (χ1n) is 11.3. The Morgan fingerprint density at radius 1 is 0.919 bits per heavy atom. The van der Waals surface area contributed by atoms with Crippen LogP contribution in [-0.2, 0) is 9.59 Å². The monoisotopic (exact) mass is 528 g/mol. The summed E-state index contributed by atoms with van der Waals surface area (Å²) in [6.45, 7) is 1.98. The molecule has 1 aromatic heterocycles. The molecule has 0 aliphatic heterocycles. The molecule has 0 spiro atoms. The summed E-state index contributed by atoms with van der Waals surface area (Å²) in [5.41, 5.74) is 3.01. The van der Waals surface area contributed by atoms with Gasteiger partial charge in [-0.15, -0.1) is 23.1 Å². The molecule has 4 aromatic rings. The van der Waals surface area contributed by atoms with Gasteiger partial charge in [0.05, 0.1) is 5.75 Å². The van der Waals surface area contributed by atoms with Crippen molar-refractivity contribution in [2.45, 2.75) is 11.8 Å². The fourth-order valence-electron chi connectivity index (χ4n) is 3.19. The molecule has 186 valence electrons. The third-order valence-electron chi connectivity index (χ3n) is 5.08. The van der Waals surface area contributed by atoms with E-state index in [-0.39, 0.29) is 23.3 Å².